The van der Waals surface area contributed by atoms with E-state index in [-0.39, 0.29) is 24.2 Å². The zero-order valence-corrected chi connectivity index (χ0v) is 16.1. The third-order valence-corrected chi connectivity index (χ3v) is 4.82. The van der Waals surface area contributed by atoms with E-state index in [2.05, 4.69) is 24.1 Å². The minimum atomic E-state index is -4.44. The summed E-state index contributed by atoms with van der Waals surface area (Å²) < 4.78 is 44.7. The summed E-state index contributed by atoms with van der Waals surface area (Å²) >= 11 is 0. The van der Waals surface area contributed by atoms with Crippen LogP contribution in [0.4, 0.5) is 18.0 Å². The first-order valence-electron chi connectivity index (χ1n) is 9.16. The number of morpholine rings is 1. The van der Waals surface area contributed by atoms with Crippen LogP contribution in [0.2, 0.25) is 0 Å². The van der Waals surface area contributed by atoms with Crippen LogP contribution in [0, 0.1) is 5.92 Å². The van der Waals surface area contributed by atoms with Gasteiger partial charge in [0.1, 0.15) is 0 Å². The van der Waals surface area contributed by atoms with Crippen molar-refractivity contribution in [3.05, 3.63) is 35.4 Å². The molecule has 1 aliphatic rings. The summed E-state index contributed by atoms with van der Waals surface area (Å²) in [6, 6.07) is 5.11. The summed E-state index contributed by atoms with van der Waals surface area (Å²) in [6.45, 7) is 7.50. The summed E-state index contributed by atoms with van der Waals surface area (Å²) in [7, 11) is 1.50. The summed E-state index contributed by atoms with van der Waals surface area (Å²) in [5.74, 6) is 0.333. The van der Waals surface area contributed by atoms with Crippen molar-refractivity contribution in [2.75, 3.05) is 39.9 Å². The van der Waals surface area contributed by atoms with Crippen LogP contribution in [0.5, 0.6) is 0 Å². The average molecular weight is 387 g/mol. The first-order valence-corrected chi connectivity index (χ1v) is 9.16. The molecule has 1 unspecified atom stereocenters. The Labute approximate surface area is 158 Å². The van der Waals surface area contributed by atoms with E-state index in [4.69, 9.17) is 4.74 Å². The van der Waals surface area contributed by atoms with Crippen LogP contribution in [-0.4, -0.2) is 61.8 Å². The van der Waals surface area contributed by atoms with E-state index in [0.717, 1.165) is 19.2 Å². The molecular formula is C19H28F3N3O2. The third-order valence-electron chi connectivity index (χ3n) is 4.82. The van der Waals surface area contributed by atoms with Crippen LogP contribution in [0.15, 0.2) is 24.3 Å². The van der Waals surface area contributed by atoms with E-state index >= 15 is 0 Å². The average Bonchev–Trinajstić information content (AvgIpc) is 2.62. The largest absolute Gasteiger partial charge is 0.416 e. The van der Waals surface area contributed by atoms with Gasteiger partial charge in [0.25, 0.3) is 0 Å². The summed E-state index contributed by atoms with van der Waals surface area (Å²) in [5, 5.41) is 2.86. The van der Waals surface area contributed by atoms with Gasteiger partial charge in [-0.05, 0) is 17.5 Å². The summed E-state index contributed by atoms with van der Waals surface area (Å²) in [5.41, 5.74) is -0.630. The Kier molecular flexibility index (Phi) is 7.49. The van der Waals surface area contributed by atoms with Gasteiger partial charge in [-0.15, -0.1) is 0 Å². The molecule has 1 atom stereocenters. The number of rotatable bonds is 6. The van der Waals surface area contributed by atoms with Crippen molar-refractivity contribution < 1.29 is 22.7 Å². The van der Waals surface area contributed by atoms with Crippen molar-refractivity contribution in [1.29, 1.82) is 0 Å². The molecule has 0 aromatic heterocycles. The predicted octanol–water partition coefficient (Wildman–Crippen LogP) is 3.20. The second kappa shape index (κ2) is 9.41. The first-order chi connectivity index (χ1) is 12.7. The second-order valence-electron chi connectivity index (χ2n) is 7.16. The highest BCUT2D eigenvalue weighted by Gasteiger charge is 2.33. The van der Waals surface area contributed by atoms with Gasteiger partial charge in [-0.1, -0.05) is 32.0 Å². The van der Waals surface area contributed by atoms with Gasteiger partial charge in [-0.3, -0.25) is 4.90 Å². The van der Waals surface area contributed by atoms with E-state index in [9.17, 15) is 18.0 Å². The lowest BCUT2D eigenvalue weighted by Crippen LogP contribution is -2.52. The second-order valence-corrected chi connectivity index (χ2v) is 7.16. The predicted molar refractivity (Wildman–Crippen MR) is 97.3 cm³/mol. The first kappa shape index (κ1) is 21.5. The Balaban J connectivity index is 1.95. The smallest absolute Gasteiger partial charge is 0.379 e. The molecule has 27 heavy (non-hydrogen) atoms. The lowest BCUT2D eigenvalue weighted by molar-refractivity contribution is -0.138. The molecule has 5 nitrogen and oxygen atoms in total. The molecule has 152 valence electrons. The fourth-order valence-electron chi connectivity index (χ4n) is 3.28. The number of hydrogen-bond acceptors (Lipinski definition) is 3. The molecule has 2 amide bonds. The van der Waals surface area contributed by atoms with Crippen molar-refractivity contribution in [3.63, 3.8) is 0 Å². The molecule has 0 radical (unpaired) electrons. The van der Waals surface area contributed by atoms with E-state index in [1.54, 1.807) is 6.07 Å². The number of hydrogen-bond donors (Lipinski definition) is 1. The molecule has 1 aromatic rings. The molecule has 1 aromatic carbocycles. The SMILES string of the molecule is CC(C)C(CNC(=O)N(C)Cc1ccccc1C(F)(F)F)N1CCOCC1. The van der Waals surface area contributed by atoms with Gasteiger partial charge in [0.05, 0.1) is 18.8 Å². The standard InChI is InChI=1S/C19H28F3N3O2/c1-14(2)17(25-8-10-27-11-9-25)12-23-18(26)24(3)13-15-6-4-5-7-16(15)19(20,21)22/h4-7,14,17H,8-13H2,1-3H3,(H,23,26). The van der Waals surface area contributed by atoms with Crippen LogP contribution in [0.25, 0.3) is 0 Å². The molecule has 2 rings (SSSR count). The molecule has 1 heterocycles. The van der Waals surface area contributed by atoms with Gasteiger partial charge < -0.3 is 15.0 Å². The van der Waals surface area contributed by atoms with Crippen LogP contribution in [0.3, 0.4) is 0 Å². The van der Waals surface area contributed by atoms with Crippen molar-refractivity contribution >= 4 is 6.03 Å². The number of carbonyl (C=O) groups excluding carboxylic acids is 1. The van der Waals surface area contributed by atoms with Crippen molar-refractivity contribution in [2.45, 2.75) is 32.6 Å². The van der Waals surface area contributed by atoms with Gasteiger partial charge in [0.15, 0.2) is 0 Å². The molecule has 8 heteroatoms. The van der Waals surface area contributed by atoms with Crippen molar-refractivity contribution in [1.82, 2.24) is 15.1 Å². The minimum Gasteiger partial charge on any atom is -0.379 e. The summed E-state index contributed by atoms with van der Waals surface area (Å²) in [6.07, 6.45) is -4.44. The molecule has 0 aliphatic carbocycles. The highest BCUT2D eigenvalue weighted by atomic mass is 19.4. The lowest BCUT2D eigenvalue weighted by Gasteiger charge is -2.37. The fourth-order valence-corrected chi connectivity index (χ4v) is 3.28. The number of carbonyl (C=O) groups is 1. The zero-order chi connectivity index (χ0) is 20.0. The molecule has 0 saturated carbocycles. The number of nitrogens with zero attached hydrogens (tertiary/aromatic N) is 2. The number of nitrogens with one attached hydrogen (secondary N) is 1. The molecule has 0 spiro atoms. The zero-order valence-electron chi connectivity index (χ0n) is 16.1. The number of benzene rings is 1. The van der Waals surface area contributed by atoms with E-state index in [1.165, 1.54) is 24.1 Å². The highest BCUT2D eigenvalue weighted by Crippen LogP contribution is 2.32. The summed E-state index contributed by atoms with van der Waals surface area (Å²) in [4.78, 5) is 16.0. The number of alkyl halides is 3. The molecule has 1 saturated heterocycles. The molecule has 1 fully saturated rings. The van der Waals surface area contributed by atoms with Gasteiger partial charge in [-0.2, -0.15) is 13.2 Å². The van der Waals surface area contributed by atoms with E-state index in [1.807, 2.05) is 0 Å². The Hall–Kier alpha value is -1.80. The molecule has 0 bridgehead atoms. The van der Waals surface area contributed by atoms with Gasteiger partial charge in [0, 0.05) is 39.3 Å². The number of urea groups is 1. The van der Waals surface area contributed by atoms with E-state index in [0.29, 0.717) is 25.7 Å². The quantitative estimate of drug-likeness (QED) is 0.815. The number of halogens is 3. The van der Waals surface area contributed by atoms with Crippen LogP contribution >= 0.6 is 0 Å². The number of amides is 2. The monoisotopic (exact) mass is 387 g/mol. The highest BCUT2D eigenvalue weighted by molar-refractivity contribution is 5.73. The Morgan fingerprint density at radius 1 is 1.26 bits per heavy atom. The van der Waals surface area contributed by atoms with Crippen LogP contribution < -0.4 is 5.32 Å². The maximum absolute atomic E-state index is 13.1. The van der Waals surface area contributed by atoms with E-state index < -0.39 is 11.7 Å². The minimum absolute atomic E-state index is 0.0799. The molecule has 1 N–H and O–H groups in total. The van der Waals surface area contributed by atoms with Crippen molar-refractivity contribution in [3.8, 4) is 0 Å². The molecular weight excluding hydrogens is 359 g/mol. The van der Waals surface area contributed by atoms with Crippen molar-refractivity contribution in [2.24, 2.45) is 5.92 Å². The Bertz CT molecular complexity index is 616. The number of ether oxygens (including phenoxy) is 1. The topological polar surface area (TPSA) is 44.8 Å². The third kappa shape index (κ3) is 6.10. The Morgan fingerprint density at radius 2 is 1.89 bits per heavy atom. The maximum atomic E-state index is 13.1. The fraction of sp³-hybridized carbons (Fsp3) is 0.632. The lowest BCUT2D eigenvalue weighted by atomic mass is 10.0. The van der Waals surface area contributed by atoms with Crippen LogP contribution in [-0.2, 0) is 17.5 Å². The normalized spacial score (nSPS) is 17.0. The van der Waals surface area contributed by atoms with Gasteiger partial charge in [-0.25, -0.2) is 4.79 Å². The van der Waals surface area contributed by atoms with Gasteiger partial charge in [0.2, 0.25) is 0 Å². The maximum Gasteiger partial charge on any atom is 0.416 e. The van der Waals surface area contributed by atoms with Crippen LogP contribution in [0.1, 0.15) is 25.0 Å². The Morgan fingerprint density at radius 3 is 2.48 bits per heavy atom. The molecule has 1 aliphatic heterocycles. The van der Waals surface area contributed by atoms with Gasteiger partial charge >= 0.3 is 12.2 Å².